The molecule has 21 heavy (non-hydrogen) atoms. The van der Waals surface area contributed by atoms with E-state index in [4.69, 9.17) is 9.47 Å². The number of amides is 1. The SMILES string of the molecule is C[C@]1(C(=O)N2CCOCC2)CN(c2ccncn2)CCO1. The minimum absolute atomic E-state index is 0.0320. The van der Waals surface area contributed by atoms with Crippen molar-refractivity contribution < 1.29 is 14.3 Å². The lowest BCUT2D eigenvalue weighted by Crippen LogP contribution is -2.60. The van der Waals surface area contributed by atoms with E-state index in [-0.39, 0.29) is 5.91 Å². The van der Waals surface area contributed by atoms with Crippen LogP contribution in [-0.2, 0) is 14.3 Å². The minimum atomic E-state index is -0.833. The quantitative estimate of drug-likeness (QED) is 0.760. The van der Waals surface area contributed by atoms with E-state index in [0.717, 1.165) is 12.4 Å². The summed E-state index contributed by atoms with van der Waals surface area (Å²) in [4.78, 5) is 24.8. The molecule has 0 spiro atoms. The van der Waals surface area contributed by atoms with Crippen LogP contribution in [0.15, 0.2) is 18.6 Å². The monoisotopic (exact) mass is 292 g/mol. The van der Waals surface area contributed by atoms with Gasteiger partial charge < -0.3 is 19.3 Å². The molecule has 3 rings (SSSR count). The third kappa shape index (κ3) is 2.98. The average Bonchev–Trinajstić information content (AvgIpc) is 2.56. The molecular formula is C14H20N4O3. The van der Waals surface area contributed by atoms with Crippen molar-refractivity contribution in [3.8, 4) is 0 Å². The van der Waals surface area contributed by atoms with Crippen molar-refractivity contribution in [2.24, 2.45) is 0 Å². The van der Waals surface area contributed by atoms with Crippen molar-refractivity contribution in [1.82, 2.24) is 14.9 Å². The Morgan fingerprint density at radius 3 is 2.81 bits per heavy atom. The molecule has 1 aromatic heterocycles. The number of rotatable bonds is 2. The van der Waals surface area contributed by atoms with Gasteiger partial charge in [0.05, 0.1) is 26.4 Å². The van der Waals surface area contributed by atoms with Crippen LogP contribution in [0.25, 0.3) is 0 Å². The van der Waals surface area contributed by atoms with Crippen LogP contribution in [0.3, 0.4) is 0 Å². The van der Waals surface area contributed by atoms with E-state index in [2.05, 4.69) is 14.9 Å². The summed E-state index contributed by atoms with van der Waals surface area (Å²) in [7, 11) is 0. The summed E-state index contributed by atoms with van der Waals surface area (Å²) in [5.74, 6) is 0.860. The summed E-state index contributed by atoms with van der Waals surface area (Å²) < 4.78 is 11.1. The van der Waals surface area contributed by atoms with E-state index in [0.29, 0.717) is 39.5 Å². The third-order valence-electron chi connectivity index (χ3n) is 3.92. The van der Waals surface area contributed by atoms with Crippen molar-refractivity contribution in [3.63, 3.8) is 0 Å². The van der Waals surface area contributed by atoms with Crippen molar-refractivity contribution in [2.75, 3.05) is 50.9 Å². The highest BCUT2D eigenvalue weighted by Gasteiger charge is 2.42. The maximum Gasteiger partial charge on any atom is 0.256 e. The van der Waals surface area contributed by atoms with Gasteiger partial charge in [0, 0.05) is 25.8 Å². The molecule has 7 nitrogen and oxygen atoms in total. The second-order valence-electron chi connectivity index (χ2n) is 5.47. The van der Waals surface area contributed by atoms with E-state index in [1.54, 1.807) is 6.20 Å². The fourth-order valence-corrected chi connectivity index (χ4v) is 2.77. The first-order valence-corrected chi connectivity index (χ1v) is 7.21. The molecule has 0 aliphatic carbocycles. The zero-order chi connectivity index (χ0) is 14.7. The number of hydrogen-bond donors (Lipinski definition) is 0. The topological polar surface area (TPSA) is 67.8 Å². The van der Waals surface area contributed by atoms with Gasteiger partial charge in [-0.15, -0.1) is 0 Å². The molecule has 2 aliphatic heterocycles. The zero-order valence-corrected chi connectivity index (χ0v) is 12.2. The number of ether oxygens (including phenoxy) is 2. The Morgan fingerprint density at radius 2 is 2.10 bits per heavy atom. The molecule has 0 saturated carbocycles. The largest absolute Gasteiger partial charge is 0.378 e. The Morgan fingerprint density at radius 1 is 1.29 bits per heavy atom. The highest BCUT2D eigenvalue weighted by molar-refractivity contribution is 5.86. The molecule has 2 fully saturated rings. The Bertz CT molecular complexity index is 492. The van der Waals surface area contributed by atoms with Crippen LogP contribution >= 0.6 is 0 Å². The van der Waals surface area contributed by atoms with Gasteiger partial charge in [-0.05, 0) is 13.0 Å². The van der Waals surface area contributed by atoms with E-state index >= 15 is 0 Å². The molecule has 1 aromatic rings. The Kier molecular flexibility index (Phi) is 4.03. The van der Waals surface area contributed by atoms with Crippen molar-refractivity contribution in [2.45, 2.75) is 12.5 Å². The Labute approximate surface area is 123 Å². The van der Waals surface area contributed by atoms with E-state index < -0.39 is 5.60 Å². The first kappa shape index (κ1) is 14.2. The van der Waals surface area contributed by atoms with Crippen LogP contribution in [0.2, 0.25) is 0 Å². The van der Waals surface area contributed by atoms with Gasteiger partial charge in [0.1, 0.15) is 12.1 Å². The van der Waals surface area contributed by atoms with E-state index in [1.807, 2.05) is 17.9 Å². The predicted molar refractivity (Wildman–Crippen MR) is 76.0 cm³/mol. The highest BCUT2D eigenvalue weighted by atomic mass is 16.5. The number of aromatic nitrogens is 2. The van der Waals surface area contributed by atoms with Crippen molar-refractivity contribution in [3.05, 3.63) is 18.6 Å². The second-order valence-corrected chi connectivity index (χ2v) is 5.47. The molecule has 0 radical (unpaired) electrons. The van der Waals surface area contributed by atoms with E-state index in [1.165, 1.54) is 6.33 Å². The van der Waals surface area contributed by atoms with Crippen LogP contribution < -0.4 is 4.90 Å². The molecular weight excluding hydrogens is 272 g/mol. The van der Waals surface area contributed by atoms with Gasteiger partial charge in [0.2, 0.25) is 0 Å². The molecule has 3 heterocycles. The number of anilines is 1. The zero-order valence-electron chi connectivity index (χ0n) is 12.2. The van der Waals surface area contributed by atoms with Crippen LogP contribution in [0.4, 0.5) is 5.82 Å². The van der Waals surface area contributed by atoms with Crippen molar-refractivity contribution in [1.29, 1.82) is 0 Å². The number of hydrogen-bond acceptors (Lipinski definition) is 6. The van der Waals surface area contributed by atoms with Crippen LogP contribution in [-0.4, -0.2) is 72.4 Å². The first-order valence-electron chi connectivity index (χ1n) is 7.21. The lowest BCUT2D eigenvalue weighted by atomic mass is 10.0. The molecule has 1 amide bonds. The molecule has 0 bridgehead atoms. The molecule has 0 aromatic carbocycles. The maximum absolute atomic E-state index is 12.7. The van der Waals surface area contributed by atoms with Crippen LogP contribution in [0.5, 0.6) is 0 Å². The number of carbonyl (C=O) groups is 1. The standard InChI is InChI=1S/C14H20N4O3/c1-14(13(19)17-4-7-20-8-5-17)10-18(6-9-21-14)12-2-3-15-11-16-12/h2-3,11H,4-10H2,1H3/t14-/m1/s1. The summed E-state index contributed by atoms with van der Waals surface area (Å²) >= 11 is 0. The Balaban J connectivity index is 1.73. The van der Waals surface area contributed by atoms with E-state index in [9.17, 15) is 4.79 Å². The minimum Gasteiger partial charge on any atom is -0.378 e. The number of nitrogens with zero attached hydrogens (tertiary/aromatic N) is 4. The second kappa shape index (κ2) is 5.95. The molecule has 114 valence electrons. The first-order chi connectivity index (χ1) is 10.2. The van der Waals surface area contributed by atoms with Gasteiger partial charge in [-0.3, -0.25) is 4.79 Å². The van der Waals surface area contributed by atoms with Gasteiger partial charge in [-0.2, -0.15) is 0 Å². The lowest BCUT2D eigenvalue weighted by Gasteiger charge is -2.42. The molecule has 2 aliphatic rings. The normalized spacial score (nSPS) is 26.7. The molecule has 1 atom stereocenters. The fraction of sp³-hybridized carbons (Fsp3) is 0.643. The van der Waals surface area contributed by atoms with Gasteiger partial charge in [-0.25, -0.2) is 9.97 Å². The molecule has 2 saturated heterocycles. The third-order valence-corrected chi connectivity index (χ3v) is 3.92. The predicted octanol–water partition coefficient (Wildman–Crippen LogP) is -0.0693. The molecule has 0 unspecified atom stereocenters. The summed E-state index contributed by atoms with van der Waals surface area (Å²) in [5.41, 5.74) is -0.833. The highest BCUT2D eigenvalue weighted by Crippen LogP contribution is 2.24. The number of carbonyl (C=O) groups excluding carboxylic acids is 1. The number of morpholine rings is 2. The molecule has 7 heteroatoms. The van der Waals surface area contributed by atoms with Gasteiger partial charge in [0.15, 0.2) is 5.60 Å². The van der Waals surface area contributed by atoms with Crippen molar-refractivity contribution >= 4 is 11.7 Å². The summed E-state index contributed by atoms with van der Waals surface area (Å²) in [6, 6.07) is 1.85. The fourth-order valence-electron chi connectivity index (χ4n) is 2.77. The molecule has 0 N–H and O–H groups in total. The smallest absolute Gasteiger partial charge is 0.256 e. The Hall–Kier alpha value is -1.73. The summed E-state index contributed by atoms with van der Waals surface area (Å²) in [6.07, 6.45) is 3.23. The van der Waals surface area contributed by atoms with Gasteiger partial charge >= 0.3 is 0 Å². The summed E-state index contributed by atoms with van der Waals surface area (Å²) in [5, 5.41) is 0. The average molecular weight is 292 g/mol. The maximum atomic E-state index is 12.7. The van der Waals surface area contributed by atoms with Gasteiger partial charge in [-0.1, -0.05) is 0 Å². The van der Waals surface area contributed by atoms with Crippen LogP contribution in [0, 0.1) is 0 Å². The van der Waals surface area contributed by atoms with Crippen LogP contribution in [0.1, 0.15) is 6.92 Å². The summed E-state index contributed by atoms with van der Waals surface area (Å²) in [6.45, 7) is 6.05. The lowest BCUT2D eigenvalue weighted by molar-refractivity contribution is -0.161. The van der Waals surface area contributed by atoms with Gasteiger partial charge in [0.25, 0.3) is 5.91 Å².